The van der Waals surface area contributed by atoms with E-state index in [0.717, 1.165) is 12.5 Å². The van der Waals surface area contributed by atoms with Crippen LogP contribution in [0.3, 0.4) is 0 Å². The Bertz CT molecular complexity index is 753. The Kier molecular flexibility index (Phi) is 5.13. The molecule has 2 heterocycles. The number of halogens is 2. The molecule has 25 heavy (non-hydrogen) atoms. The van der Waals surface area contributed by atoms with Crippen molar-refractivity contribution >= 4 is 5.91 Å². The third-order valence-corrected chi connectivity index (χ3v) is 4.67. The summed E-state index contributed by atoms with van der Waals surface area (Å²) in [4.78, 5) is 20.5. The molecule has 0 unspecified atom stereocenters. The maximum Gasteiger partial charge on any atom is 0.274 e. The number of hydrogen-bond donors (Lipinski definition) is 0. The number of aryl methyl sites for hydroxylation is 1. The van der Waals surface area contributed by atoms with Crippen molar-refractivity contribution in [1.82, 2.24) is 19.4 Å². The van der Waals surface area contributed by atoms with Crippen molar-refractivity contribution in [2.45, 2.75) is 19.4 Å². The van der Waals surface area contributed by atoms with Crippen LogP contribution in [0.15, 0.2) is 30.7 Å². The van der Waals surface area contributed by atoms with Gasteiger partial charge in [0.2, 0.25) is 0 Å². The SMILES string of the molecule is CC[C@@H](c1ccc(F)cc1F)N1CCN(C(=O)c2cn(C)cn2)CC1. The number of piperazine rings is 1. The summed E-state index contributed by atoms with van der Waals surface area (Å²) in [6.07, 6.45) is 4.03. The molecule has 7 heteroatoms. The molecule has 5 nitrogen and oxygen atoms in total. The van der Waals surface area contributed by atoms with Crippen molar-refractivity contribution in [3.63, 3.8) is 0 Å². The van der Waals surface area contributed by atoms with E-state index < -0.39 is 11.6 Å². The molecule has 1 atom stereocenters. The van der Waals surface area contributed by atoms with Crippen molar-refractivity contribution in [3.8, 4) is 0 Å². The highest BCUT2D eigenvalue weighted by Gasteiger charge is 2.28. The highest BCUT2D eigenvalue weighted by Crippen LogP contribution is 2.28. The topological polar surface area (TPSA) is 41.4 Å². The van der Waals surface area contributed by atoms with Crippen molar-refractivity contribution in [3.05, 3.63) is 53.6 Å². The number of imidazole rings is 1. The Morgan fingerprint density at radius 2 is 1.96 bits per heavy atom. The number of carbonyl (C=O) groups is 1. The number of hydrogen-bond acceptors (Lipinski definition) is 3. The van der Waals surface area contributed by atoms with Crippen LogP contribution in [0.5, 0.6) is 0 Å². The normalized spacial score (nSPS) is 16.9. The summed E-state index contributed by atoms with van der Waals surface area (Å²) in [6, 6.07) is 3.62. The van der Waals surface area contributed by atoms with Crippen LogP contribution in [-0.2, 0) is 7.05 Å². The van der Waals surface area contributed by atoms with Crippen LogP contribution in [-0.4, -0.2) is 51.4 Å². The molecular formula is C18H22F2N4O. The van der Waals surface area contributed by atoms with Gasteiger partial charge in [0.15, 0.2) is 0 Å². The Labute approximate surface area is 145 Å². The van der Waals surface area contributed by atoms with Gasteiger partial charge in [0, 0.05) is 57.1 Å². The first-order valence-electron chi connectivity index (χ1n) is 8.45. The van der Waals surface area contributed by atoms with E-state index in [9.17, 15) is 13.6 Å². The van der Waals surface area contributed by atoms with Gasteiger partial charge in [-0.1, -0.05) is 13.0 Å². The average Bonchev–Trinajstić information content (AvgIpc) is 3.04. The molecule has 1 saturated heterocycles. The molecule has 1 fully saturated rings. The Balaban J connectivity index is 1.67. The zero-order chi connectivity index (χ0) is 18.0. The fourth-order valence-corrected chi connectivity index (χ4v) is 3.37. The first kappa shape index (κ1) is 17.5. The summed E-state index contributed by atoms with van der Waals surface area (Å²) >= 11 is 0. The molecule has 134 valence electrons. The van der Waals surface area contributed by atoms with Crippen LogP contribution in [0.2, 0.25) is 0 Å². The van der Waals surface area contributed by atoms with Crippen molar-refractivity contribution in [2.75, 3.05) is 26.2 Å². The molecule has 1 aromatic heterocycles. The van der Waals surface area contributed by atoms with Crippen LogP contribution in [0.1, 0.15) is 35.4 Å². The summed E-state index contributed by atoms with van der Waals surface area (Å²) in [6.45, 7) is 4.41. The standard InChI is InChI=1S/C18H22F2N4O/c1-3-17(14-5-4-13(19)10-15(14)20)23-6-8-24(9-7-23)18(25)16-11-22(2)12-21-16/h4-5,10-12,17H,3,6-9H2,1-2H3/t17-/m0/s1. The largest absolute Gasteiger partial charge is 0.340 e. The fourth-order valence-electron chi connectivity index (χ4n) is 3.37. The second kappa shape index (κ2) is 7.31. The zero-order valence-corrected chi connectivity index (χ0v) is 14.5. The van der Waals surface area contributed by atoms with Crippen molar-refractivity contribution < 1.29 is 13.6 Å². The Hall–Kier alpha value is -2.28. The summed E-state index contributed by atoms with van der Waals surface area (Å²) in [5.41, 5.74) is 0.945. The minimum atomic E-state index is -0.568. The van der Waals surface area contributed by atoms with E-state index in [-0.39, 0.29) is 11.9 Å². The lowest BCUT2D eigenvalue weighted by molar-refractivity contribution is 0.0554. The molecule has 1 aliphatic rings. The fraction of sp³-hybridized carbons (Fsp3) is 0.444. The monoisotopic (exact) mass is 348 g/mol. The van der Waals surface area contributed by atoms with E-state index in [0.29, 0.717) is 37.4 Å². The molecule has 1 aromatic carbocycles. The van der Waals surface area contributed by atoms with Crippen LogP contribution in [0.4, 0.5) is 8.78 Å². The smallest absolute Gasteiger partial charge is 0.274 e. The van der Waals surface area contributed by atoms with E-state index in [2.05, 4.69) is 9.88 Å². The molecule has 0 spiro atoms. The lowest BCUT2D eigenvalue weighted by Gasteiger charge is -2.39. The van der Waals surface area contributed by atoms with Crippen LogP contribution < -0.4 is 0 Å². The Morgan fingerprint density at radius 3 is 2.52 bits per heavy atom. The van der Waals surface area contributed by atoms with Crippen LogP contribution in [0.25, 0.3) is 0 Å². The minimum absolute atomic E-state index is 0.0822. The van der Waals surface area contributed by atoms with Gasteiger partial charge in [-0.15, -0.1) is 0 Å². The predicted molar refractivity (Wildman–Crippen MR) is 90.1 cm³/mol. The maximum absolute atomic E-state index is 14.1. The number of benzene rings is 1. The lowest BCUT2D eigenvalue weighted by atomic mass is 10.0. The van der Waals surface area contributed by atoms with E-state index in [1.54, 1.807) is 22.0 Å². The minimum Gasteiger partial charge on any atom is -0.340 e. The number of nitrogens with zero attached hydrogens (tertiary/aromatic N) is 4. The molecule has 0 bridgehead atoms. The van der Waals surface area contributed by atoms with Gasteiger partial charge in [0.05, 0.1) is 6.33 Å². The Morgan fingerprint density at radius 1 is 1.24 bits per heavy atom. The molecule has 0 aliphatic carbocycles. The van der Waals surface area contributed by atoms with E-state index in [1.807, 2.05) is 14.0 Å². The zero-order valence-electron chi connectivity index (χ0n) is 14.5. The summed E-state index contributed by atoms with van der Waals surface area (Å²) < 4.78 is 29.0. The molecule has 3 rings (SSSR count). The number of rotatable bonds is 4. The molecule has 0 N–H and O–H groups in total. The van der Waals surface area contributed by atoms with E-state index in [1.165, 1.54) is 12.1 Å². The summed E-state index contributed by atoms with van der Waals surface area (Å²) in [5, 5.41) is 0. The molecule has 2 aromatic rings. The van der Waals surface area contributed by atoms with Crippen LogP contribution >= 0.6 is 0 Å². The van der Waals surface area contributed by atoms with Gasteiger partial charge in [-0.3, -0.25) is 9.69 Å². The van der Waals surface area contributed by atoms with Crippen molar-refractivity contribution in [1.29, 1.82) is 0 Å². The summed E-state index contributed by atoms with van der Waals surface area (Å²) in [5.74, 6) is -1.16. The molecule has 0 saturated carbocycles. The first-order chi connectivity index (χ1) is 12.0. The number of aromatic nitrogens is 2. The van der Waals surface area contributed by atoms with Crippen molar-refractivity contribution in [2.24, 2.45) is 7.05 Å². The molecule has 0 radical (unpaired) electrons. The highest BCUT2D eigenvalue weighted by molar-refractivity contribution is 5.92. The summed E-state index contributed by atoms with van der Waals surface area (Å²) in [7, 11) is 1.82. The van der Waals surface area contributed by atoms with Gasteiger partial charge in [-0.2, -0.15) is 0 Å². The average molecular weight is 348 g/mol. The van der Waals surface area contributed by atoms with E-state index >= 15 is 0 Å². The second-order valence-electron chi connectivity index (χ2n) is 6.34. The third-order valence-electron chi connectivity index (χ3n) is 4.67. The van der Waals surface area contributed by atoms with Gasteiger partial charge in [0.25, 0.3) is 5.91 Å². The highest BCUT2D eigenvalue weighted by atomic mass is 19.1. The third kappa shape index (κ3) is 3.71. The van der Waals surface area contributed by atoms with Gasteiger partial charge in [-0.05, 0) is 12.5 Å². The van der Waals surface area contributed by atoms with Gasteiger partial charge >= 0.3 is 0 Å². The molecular weight excluding hydrogens is 326 g/mol. The maximum atomic E-state index is 14.1. The number of amides is 1. The second-order valence-corrected chi connectivity index (χ2v) is 6.34. The van der Waals surface area contributed by atoms with Gasteiger partial charge < -0.3 is 9.47 Å². The molecule has 1 amide bonds. The van der Waals surface area contributed by atoms with Gasteiger partial charge in [-0.25, -0.2) is 13.8 Å². The first-order valence-corrected chi connectivity index (χ1v) is 8.45. The van der Waals surface area contributed by atoms with Crippen LogP contribution in [0, 0.1) is 11.6 Å². The number of carbonyl (C=O) groups excluding carboxylic acids is 1. The lowest BCUT2D eigenvalue weighted by Crippen LogP contribution is -2.49. The quantitative estimate of drug-likeness (QED) is 0.853. The van der Waals surface area contributed by atoms with Gasteiger partial charge in [0.1, 0.15) is 17.3 Å². The predicted octanol–water partition coefficient (Wildman–Crippen LogP) is 2.61. The molecule has 1 aliphatic heterocycles. The van der Waals surface area contributed by atoms with E-state index in [4.69, 9.17) is 0 Å².